The molecule has 0 bridgehead atoms. The fourth-order valence-corrected chi connectivity index (χ4v) is 3.98. The van der Waals surface area contributed by atoms with E-state index in [1.807, 2.05) is 17.3 Å². The number of pyridine rings is 1. The van der Waals surface area contributed by atoms with Gasteiger partial charge >= 0.3 is 0 Å². The second-order valence-electron chi connectivity index (χ2n) is 7.05. The van der Waals surface area contributed by atoms with E-state index in [1.165, 1.54) is 17.7 Å². The maximum Gasteiger partial charge on any atom is 0.244 e. The highest BCUT2D eigenvalue weighted by Crippen LogP contribution is 2.29. The Kier molecular flexibility index (Phi) is 3.62. The minimum Gasteiger partial charge on any atom is -0.385 e. The van der Waals surface area contributed by atoms with Gasteiger partial charge in [-0.25, -0.2) is 0 Å². The molecule has 2 aromatic rings. The summed E-state index contributed by atoms with van der Waals surface area (Å²) in [7, 11) is 0. The lowest BCUT2D eigenvalue weighted by Gasteiger charge is -2.27. The second-order valence-corrected chi connectivity index (χ2v) is 7.05. The molecule has 1 aromatic carbocycles. The molecule has 2 N–H and O–H groups in total. The molecule has 6 heteroatoms. The number of carbonyl (C=O) groups excluding carboxylic acids is 1. The summed E-state index contributed by atoms with van der Waals surface area (Å²) in [5.41, 5.74) is 6.69. The van der Waals surface area contributed by atoms with Gasteiger partial charge in [-0.05, 0) is 42.7 Å². The molecule has 1 unspecified atom stereocenters. The molecule has 0 aliphatic carbocycles. The third kappa shape index (κ3) is 2.62. The minimum atomic E-state index is -0.162. The Bertz CT molecular complexity index is 907. The molecule has 0 radical (unpaired) electrons. The molecule has 3 aliphatic rings. The average molecular weight is 347 g/mol. The van der Waals surface area contributed by atoms with E-state index in [4.69, 9.17) is 0 Å². The van der Waals surface area contributed by atoms with Crippen LogP contribution in [-0.4, -0.2) is 47.3 Å². The first-order valence-corrected chi connectivity index (χ1v) is 9.23. The summed E-state index contributed by atoms with van der Waals surface area (Å²) >= 11 is 0. The van der Waals surface area contributed by atoms with Crippen molar-refractivity contribution in [2.24, 2.45) is 5.10 Å². The Hall–Kier alpha value is -2.89. The van der Waals surface area contributed by atoms with Crippen LogP contribution in [0.1, 0.15) is 24.0 Å². The topological polar surface area (TPSA) is 69.6 Å². The lowest BCUT2D eigenvalue weighted by atomic mass is 9.97. The highest BCUT2D eigenvalue weighted by Gasteiger charge is 2.35. The van der Waals surface area contributed by atoms with Crippen molar-refractivity contribution >= 4 is 17.3 Å². The third-order valence-corrected chi connectivity index (χ3v) is 5.37. The predicted molar refractivity (Wildman–Crippen MR) is 101 cm³/mol. The van der Waals surface area contributed by atoms with E-state index < -0.39 is 0 Å². The Morgan fingerprint density at radius 3 is 2.96 bits per heavy atom. The van der Waals surface area contributed by atoms with Crippen molar-refractivity contribution in [1.29, 1.82) is 0 Å². The summed E-state index contributed by atoms with van der Waals surface area (Å²) in [6.07, 6.45) is 4.76. The van der Waals surface area contributed by atoms with Crippen LogP contribution in [-0.2, 0) is 11.2 Å². The maximum atomic E-state index is 12.0. The number of hydrazone groups is 1. The van der Waals surface area contributed by atoms with E-state index in [0.717, 1.165) is 42.0 Å². The number of nitrogens with one attached hydrogen (secondary N) is 2. The van der Waals surface area contributed by atoms with Crippen LogP contribution in [0, 0.1) is 0 Å². The van der Waals surface area contributed by atoms with Crippen LogP contribution in [0.3, 0.4) is 0 Å². The molecule has 1 amide bonds. The number of amides is 1. The van der Waals surface area contributed by atoms with Crippen LogP contribution >= 0.6 is 0 Å². The van der Waals surface area contributed by atoms with Gasteiger partial charge in [0.05, 0.1) is 18.0 Å². The number of piperazine rings is 1. The number of carbonyl (C=O) groups is 1. The van der Waals surface area contributed by atoms with E-state index >= 15 is 0 Å². The van der Waals surface area contributed by atoms with Crippen LogP contribution in [0.2, 0.25) is 0 Å². The van der Waals surface area contributed by atoms with Crippen molar-refractivity contribution in [3.05, 3.63) is 47.7 Å². The summed E-state index contributed by atoms with van der Waals surface area (Å²) in [5.74, 6) is 0.0754. The molecule has 6 nitrogen and oxygen atoms in total. The minimum absolute atomic E-state index is 0.0754. The number of nitrogens with zero attached hydrogens (tertiary/aromatic N) is 3. The number of anilines is 1. The van der Waals surface area contributed by atoms with Gasteiger partial charge in [0.25, 0.3) is 0 Å². The van der Waals surface area contributed by atoms with Gasteiger partial charge in [-0.3, -0.25) is 14.8 Å². The molecule has 3 aliphatic heterocycles. The molecule has 4 heterocycles. The normalized spacial score (nSPS) is 21.4. The maximum absolute atomic E-state index is 12.0. The van der Waals surface area contributed by atoms with Crippen molar-refractivity contribution in [2.45, 2.75) is 25.3 Å². The molecule has 26 heavy (non-hydrogen) atoms. The van der Waals surface area contributed by atoms with Crippen molar-refractivity contribution < 1.29 is 4.79 Å². The number of rotatable bonds is 2. The molecule has 1 fully saturated rings. The van der Waals surface area contributed by atoms with E-state index in [9.17, 15) is 4.79 Å². The van der Waals surface area contributed by atoms with Crippen LogP contribution in [0.5, 0.6) is 0 Å². The van der Waals surface area contributed by atoms with Gasteiger partial charge in [-0.2, -0.15) is 5.10 Å². The zero-order valence-corrected chi connectivity index (χ0v) is 14.5. The molecule has 0 saturated carbocycles. The van der Waals surface area contributed by atoms with Gasteiger partial charge in [0.2, 0.25) is 5.91 Å². The number of benzene rings is 1. The smallest absolute Gasteiger partial charge is 0.244 e. The Morgan fingerprint density at radius 1 is 1.08 bits per heavy atom. The van der Waals surface area contributed by atoms with Crippen LogP contribution in [0.4, 0.5) is 5.69 Å². The molecule has 0 spiro atoms. The lowest BCUT2D eigenvalue weighted by Crippen LogP contribution is -2.51. The quantitative estimate of drug-likeness (QED) is 0.872. The van der Waals surface area contributed by atoms with Gasteiger partial charge in [-0.1, -0.05) is 6.07 Å². The van der Waals surface area contributed by atoms with Crippen molar-refractivity contribution in [2.75, 3.05) is 25.0 Å². The highest BCUT2D eigenvalue weighted by molar-refractivity contribution is 6.05. The SMILES string of the molecule is O=C1NCCN2N=C(c3ccnc(-c4ccc5c(c4)CCCN5)c3)CC12. The number of hydrogen-bond acceptors (Lipinski definition) is 5. The Balaban J connectivity index is 1.46. The monoisotopic (exact) mass is 347 g/mol. The molecular weight excluding hydrogens is 326 g/mol. The standard InChI is InChI=1S/C20H21N5O/c26-20-19-12-18(24-25(19)9-8-23-20)15-5-7-22-17(11-15)14-3-4-16-13(10-14)2-1-6-21-16/h3-5,7,10-11,19,21H,1-2,6,8-9,12H2,(H,23,26). The Morgan fingerprint density at radius 2 is 2.04 bits per heavy atom. The van der Waals surface area contributed by atoms with Crippen LogP contribution in [0.15, 0.2) is 41.6 Å². The van der Waals surface area contributed by atoms with Crippen LogP contribution in [0.25, 0.3) is 11.3 Å². The van der Waals surface area contributed by atoms with Gasteiger partial charge < -0.3 is 10.6 Å². The zero-order chi connectivity index (χ0) is 17.5. The summed E-state index contributed by atoms with van der Waals surface area (Å²) in [4.78, 5) is 16.6. The summed E-state index contributed by atoms with van der Waals surface area (Å²) < 4.78 is 0. The highest BCUT2D eigenvalue weighted by atomic mass is 16.2. The van der Waals surface area contributed by atoms with E-state index in [1.54, 1.807) is 0 Å². The fraction of sp³-hybridized carbons (Fsp3) is 0.350. The molecular formula is C20H21N5O. The first-order chi connectivity index (χ1) is 12.8. The van der Waals surface area contributed by atoms with Gasteiger partial charge in [0.15, 0.2) is 0 Å². The summed E-state index contributed by atoms with van der Waals surface area (Å²) in [6.45, 7) is 2.48. The first kappa shape index (κ1) is 15.4. The number of hydrogen-bond donors (Lipinski definition) is 2. The Labute approximate surface area is 152 Å². The predicted octanol–water partition coefficient (Wildman–Crippen LogP) is 2.01. The van der Waals surface area contributed by atoms with E-state index in [2.05, 4.69) is 45.0 Å². The van der Waals surface area contributed by atoms with E-state index in [0.29, 0.717) is 13.0 Å². The number of aryl methyl sites for hydroxylation is 1. The summed E-state index contributed by atoms with van der Waals surface area (Å²) in [5, 5.41) is 13.0. The molecule has 132 valence electrons. The average Bonchev–Trinajstić information content (AvgIpc) is 3.14. The fourth-order valence-electron chi connectivity index (χ4n) is 3.98. The molecule has 1 saturated heterocycles. The largest absolute Gasteiger partial charge is 0.385 e. The third-order valence-electron chi connectivity index (χ3n) is 5.37. The number of fused-ring (bicyclic) bond motifs is 2. The van der Waals surface area contributed by atoms with Gasteiger partial charge in [-0.15, -0.1) is 0 Å². The first-order valence-electron chi connectivity index (χ1n) is 9.23. The van der Waals surface area contributed by atoms with Gasteiger partial charge in [0.1, 0.15) is 6.04 Å². The van der Waals surface area contributed by atoms with Crippen molar-refractivity contribution in [3.8, 4) is 11.3 Å². The van der Waals surface area contributed by atoms with Gasteiger partial charge in [0, 0.05) is 42.5 Å². The molecule has 5 rings (SSSR count). The summed E-state index contributed by atoms with van der Waals surface area (Å²) in [6, 6.07) is 10.4. The molecule has 1 aromatic heterocycles. The second kappa shape index (κ2) is 6.12. The van der Waals surface area contributed by atoms with Crippen molar-refractivity contribution in [3.63, 3.8) is 0 Å². The number of aromatic nitrogens is 1. The molecule has 1 atom stereocenters. The zero-order valence-electron chi connectivity index (χ0n) is 14.5. The lowest BCUT2D eigenvalue weighted by molar-refractivity contribution is -0.128. The van der Waals surface area contributed by atoms with E-state index in [-0.39, 0.29) is 11.9 Å². The van der Waals surface area contributed by atoms with Crippen LogP contribution < -0.4 is 10.6 Å². The van der Waals surface area contributed by atoms with Crippen molar-refractivity contribution in [1.82, 2.24) is 15.3 Å².